The molecule has 0 fully saturated rings. The maximum atomic E-state index is 5.82. The first-order chi connectivity index (χ1) is 16.3. The number of rotatable bonds is 4. The Morgan fingerprint density at radius 1 is 0.667 bits per heavy atom. The van der Waals surface area contributed by atoms with Crippen LogP contribution in [0.4, 0.5) is 0 Å². The zero-order chi connectivity index (χ0) is 22.2. The summed E-state index contributed by atoms with van der Waals surface area (Å²) in [5.74, 6) is 0.594. The van der Waals surface area contributed by atoms with Gasteiger partial charge in [0.2, 0.25) is 5.28 Å². The fraction of sp³-hybridized carbons (Fsp3) is 0. The second-order valence-corrected chi connectivity index (χ2v) is 8.22. The van der Waals surface area contributed by atoms with Crippen molar-refractivity contribution in [1.82, 2.24) is 19.7 Å². The lowest BCUT2D eigenvalue weighted by molar-refractivity contribution is 1.10. The Morgan fingerprint density at radius 2 is 1.21 bits per heavy atom. The minimum atomic E-state index is 0.290. The molecule has 0 aliphatic heterocycles. The number of halogens is 1. The van der Waals surface area contributed by atoms with Gasteiger partial charge in [-0.2, -0.15) is 10.1 Å². The Hall–Kier alpha value is -4.15. The minimum Gasteiger partial charge on any atom is -0.309 e. The van der Waals surface area contributed by atoms with Gasteiger partial charge < -0.3 is 4.57 Å². The lowest BCUT2D eigenvalue weighted by atomic mass is 10.1. The van der Waals surface area contributed by atoms with E-state index in [1.54, 1.807) is 0 Å². The van der Waals surface area contributed by atoms with Gasteiger partial charge >= 0.3 is 0 Å². The van der Waals surface area contributed by atoms with Crippen LogP contribution >= 0.6 is 11.6 Å². The molecule has 6 rings (SSSR count). The molecule has 2 heterocycles. The first-order valence-corrected chi connectivity index (χ1v) is 11.1. The zero-order valence-corrected chi connectivity index (χ0v) is 18.4. The predicted octanol–water partition coefficient (Wildman–Crippen LogP) is 7.39. The Bertz CT molecular complexity index is 1550. The molecule has 2 aromatic heterocycles. The van der Waals surface area contributed by atoms with Gasteiger partial charge in [0.15, 0.2) is 5.82 Å². The highest BCUT2D eigenvalue weighted by Gasteiger charge is 2.10. The van der Waals surface area contributed by atoms with Crippen molar-refractivity contribution in [3.05, 3.63) is 113 Å². The molecule has 0 bridgehead atoms. The third-order valence-electron chi connectivity index (χ3n) is 5.83. The third-order valence-corrected chi connectivity index (χ3v) is 6.00. The van der Waals surface area contributed by atoms with Crippen LogP contribution in [-0.2, 0) is 0 Å². The molecule has 0 radical (unpaired) electrons. The van der Waals surface area contributed by atoms with Crippen LogP contribution in [0.1, 0.15) is 11.1 Å². The number of fused-ring (bicyclic) bond motifs is 3. The molecule has 0 saturated carbocycles. The van der Waals surface area contributed by atoms with Crippen LogP contribution in [0.5, 0.6) is 0 Å². The van der Waals surface area contributed by atoms with Gasteiger partial charge in [0, 0.05) is 22.0 Å². The number of benzene rings is 4. The molecule has 0 unspecified atom stereocenters. The molecule has 0 spiro atoms. The van der Waals surface area contributed by atoms with E-state index in [0.29, 0.717) is 11.1 Å². The fourth-order valence-corrected chi connectivity index (χ4v) is 4.36. The molecule has 0 amide bonds. The minimum absolute atomic E-state index is 0.290. The standard InChI is InChI=1S/C28H19ClN4/c29-28-30-27(31-32-28)21-15-11-19(12-16-21)9-10-20-13-17-22(18-14-20)33-25-7-3-1-5-23(25)24-6-2-4-8-26(24)33/h1-18H,(H,30,31,32)/b10-9+. The van der Waals surface area contributed by atoms with E-state index in [-0.39, 0.29) is 0 Å². The van der Waals surface area contributed by atoms with Crippen LogP contribution in [0.3, 0.4) is 0 Å². The van der Waals surface area contributed by atoms with Gasteiger partial charge in [-0.3, -0.25) is 0 Å². The number of para-hydroxylation sites is 2. The highest BCUT2D eigenvalue weighted by molar-refractivity contribution is 6.28. The molecule has 0 saturated heterocycles. The normalized spacial score (nSPS) is 11.7. The summed E-state index contributed by atoms with van der Waals surface area (Å²) >= 11 is 5.82. The predicted molar refractivity (Wildman–Crippen MR) is 137 cm³/mol. The van der Waals surface area contributed by atoms with Crippen molar-refractivity contribution >= 4 is 45.6 Å². The summed E-state index contributed by atoms with van der Waals surface area (Å²) in [6.45, 7) is 0. The van der Waals surface area contributed by atoms with Crippen LogP contribution in [-0.4, -0.2) is 19.7 Å². The van der Waals surface area contributed by atoms with E-state index in [2.05, 4.69) is 105 Å². The van der Waals surface area contributed by atoms with Gasteiger partial charge in [-0.15, -0.1) is 0 Å². The molecule has 5 heteroatoms. The van der Waals surface area contributed by atoms with Crippen LogP contribution < -0.4 is 0 Å². The first kappa shape index (κ1) is 19.5. The number of aromatic nitrogens is 4. The van der Waals surface area contributed by atoms with Crippen molar-refractivity contribution in [2.75, 3.05) is 0 Å². The average molecular weight is 447 g/mol. The monoisotopic (exact) mass is 446 g/mol. The molecule has 4 nitrogen and oxygen atoms in total. The van der Waals surface area contributed by atoms with Crippen LogP contribution in [0.2, 0.25) is 5.28 Å². The Balaban J connectivity index is 1.28. The smallest absolute Gasteiger partial charge is 0.218 e. The maximum Gasteiger partial charge on any atom is 0.218 e. The van der Waals surface area contributed by atoms with E-state index >= 15 is 0 Å². The zero-order valence-electron chi connectivity index (χ0n) is 17.6. The molecule has 4 aromatic carbocycles. The summed E-state index contributed by atoms with van der Waals surface area (Å²) in [6.07, 6.45) is 4.22. The van der Waals surface area contributed by atoms with Crippen molar-refractivity contribution in [3.63, 3.8) is 0 Å². The second kappa shape index (κ2) is 8.08. The Labute approximate surface area is 195 Å². The van der Waals surface area contributed by atoms with E-state index in [9.17, 15) is 0 Å². The van der Waals surface area contributed by atoms with Gasteiger partial charge in [0.25, 0.3) is 0 Å². The lowest BCUT2D eigenvalue weighted by Crippen LogP contribution is -1.93. The van der Waals surface area contributed by atoms with Gasteiger partial charge in [0.1, 0.15) is 0 Å². The van der Waals surface area contributed by atoms with E-state index in [1.807, 2.05) is 24.3 Å². The van der Waals surface area contributed by atoms with E-state index in [0.717, 1.165) is 22.4 Å². The lowest BCUT2D eigenvalue weighted by Gasteiger charge is -2.08. The summed E-state index contributed by atoms with van der Waals surface area (Å²) in [7, 11) is 0. The maximum absolute atomic E-state index is 5.82. The van der Waals surface area contributed by atoms with Gasteiger partial charge in [-0.05, 0) is 47.0 Å². The third kappa shape index (κ3) is 3.60. The number of nitrogens with one attached hydrogen (secondary N) is 1. The first-order valence-electron chi connectivity index (χ1n) is 10.7. The van der Waals surface area contributed by atoms with Crippen molar-refractivity contribution in [2.45, 2.75) is 0 Å². The Morgan fingerprint density at radius 3 is 1.76 bits per heavy atom. The molecule has 158 valence electrons. The molecule has 6 aromatic rings. The highest BCUT2D eigenvalue weighted by Crippen LogP contribution is 2.31. The average Bonchev–Trinajstić information content (AvgIpc) is 3.45. The largest absolute Gasteiger partial charge is 0.309 e. The molecular formula is C28H19ClN4. The van der Waals surface area contributed by atoms with E-state index in [4.69, 9.17) is 11.6 Å². The molecule has 1 N–H and O–H groups in total. The summed E-state index contributed by atoms with van der Waals surface area (Å²) in [4.78, 5) is 4.15. The number of nitrogens with zero attached hydrogens (tertiary/aromatic N) is 3. The van der Waals surface area contributed by atoms with Crippen LogP contribution in [0, 0.1) is 0 Å². The number of hydrogen-bond acceptors (Lipinski definition) is 2. The summed E-state index contributed by atoms with van der Waals surface area (Å²) in [5, 5.41) is 9.57. The summed E-state index contributed by atoms with van der Waals surface area (Å²) < 4.78 is 2.33. The number of H-pyrrole nitrogens is 1. The second-order valence-electron chi connectivity index (χ2n) is 7.87. The number of hydrogen-bond donors (Lipinski definition) is 1. The van der Waals surface area contributed by atoms with E-state index < -0.39 is 0 Å². The van der Waals surface area contributed by atoms with Gasteiger partial charge in [-0.1, -0.05) is 84.9 Å². The summed E-state index contributed by atoms with van der Waals surface area (Å²) in [6, 6.07) is 33.8. The van der Waals surface area contributed by atoms with Crippen molar-refractivity contribution in [3.8, 4) is 17.1 Å². The van der Waals surface area contributed by atoms with Crippen molar-refractivity contribution in [1.29, 1.82) is 0 Å². The number of aromatic amines is 1. The molecule has 0 aliphatic carbocycles. The topological polar surface area (TPSA) is 46.5 Å². The summed E-state index contributed by atoms with van der Waals surface area (Å²) in [5.41, 5.74) is 6.76. The highest BCUT2D eigenvalue weighted by atomic mass is 35.5. The van der Waals surface area contributed by atoms with Crippen molar-refractivity contribution < 1.29 is 0 Å². The van der Waals surface area contributed by atoms with Crippen LogP contribution in [0.25, 0.3) is 51.0 Å². The molecule has 0 aliphatic rings. The van der Waals surface area contributed by atoms with Gasteiger partial charge in [0.05, 0.1) is 11.0 Å². The Kier molecular flexibility index (Phi) is 4.78. The van der Waals surface area contributed by atoms with Gasteiger partial charge in [-0.25, -0.2) is 5.10 Å². The van der Waals surface area contributed by atoms with Crippen molar-refractivity contribution in [2.24, 2.45) is 0 Å². The quantitative estimate of drug-likeness (QED) is 0.287. The SMILES string of the molecule is Clc1nc(-c2ccc(/C=C/c3ccc(-n4c5ccccc5c5ccccc54)cc3)cc2)n[nH]1. The van der Waals surface area contributed by atoms with Crippen LogP contribution in [0.15, 0.2) is 97.1 Å². The molecular weight excluding hydrogens is 428 g/mol. The van der Waals surface area contributed by atoms with E-state index in [1.165, 1.54) is 21.8 Å². The fourth-order valence-electron chi connectivity index (χ4n) is 4.24. The molecule has 0 atom stereocenters. The molecule has 33 heavy (non-hydrogen) atoms.